The van der Waals surface area contributed by atoms with Gasteiger partial charge in [0.05, 0.1) is 6.61 Å². The van der Waals surface area contributed by atoms with E-state index in [1.165, 1.54) is 0 Å². The van der Waals surface area contributed by atoms with E-state index < -0.39 is 5.60 Å². The molecule has 0 aromatic carbocycles. The second-order valence-corrected chi connectivity index (χ2v) is 4.17. The van der Waals surface area contributed by atoms with Crippen molar-refractivity contribution in [3.8, 4) is 0 Å². The number of carbonyl (C=O) groups excluding carboxylic acids is 1. The van der Waals surface area contributed by atoms with Crippen LogP contribution in [0.1, 0.15) is 12.8 Å². The Morgan fingerprint density at radius 3 is 2.50 bits per heavy atom. The number of likely N-dealkylation sites (N-methyl/N-ethyl adjacent to an activating group) is 1. The molecule has 0 aromatic rings. The predicted molar refractivity (Wildman–Crippen MR) is 61.4 cm³/mol. The molecule has 16 heavy (non-hydrogen) atoms. The minimum absolute atomic E-state index is 0.0635. The fraction of sp³-hybridized carbons (Fsp3) is 0.909. The van der Waals surface area contributed by atoms with Crippen LogP contribution in [0.15, 0.2) is 0 Å². The summed E-state index contributed by atoms with van der Waals surface area (Å²) in [4.78, 5) is 14.0. The van der Waals surface area contributed by atoms with Gasteiger partial charge in [-0.1, -0.05) is 0 Å². The molecule has 5 nitrogen and oxygen atoms in total. The van der Waals surface area contributed by atoms with Crippen molar-refractivity contribution in [1.82, 2.24) is 10.2 Å². The van der Waals surface area contributed by atoms with Crippen molar-refractivity contribution in [3.05, 3.63) is 0 Å². The van der Waals surface area contributed by atoms with Crippen LogP contribution in [-0.2, 0) is 14.3 Å². The van der Waals surface area contributed by atoms with E-state index in [-0.39, 0.29) is 5.91 Å². The van der Waals surface area contributed by atoms with E-state index in [0.717, 1.165) is 25.9 Å². The minimum Gasteiger partial charge on any atom is -0.383 e. The highest BCUT2D eigenvalue weighted by atomic mass is 16.5. The molecule has 1 saturated heterocycles. The third-order valence-electron chi connectivity index (χ3n) is 3.17. The lowest BCUT2D eigenvalue weighted by atomic mass is 9.90. The number of nitrogens with one attached hydrogen (secondary N) is 1. The fourth-order valence-corrected chi connectivity index (χ4v) is 2.01. The Kier molecular flexibility index (Phi) is 5.18. The molecule has 0 atom stereocenters. The molecule has 1 rings (SSSR count). The number of hydrogen-bond donors (Lipinski definition) is 1. The molecule has 0 aliphatic carbocycles. The highest BCUT2D eigenvalue weighted by Crippen LogP contribution is 2.24. The number of rotatable bonds is 5. The van der Waals surface area contributed by atoms with Crippen LogP contribution in [0.25, 0.3) is 0 Å². The van der Waals surface area contributed by atoms with E-state index in [9.17, 15) is 4.79 Å². The Bertz CT molecular complexity index is 227. The molecule has 1 amide bonds. The average Bonchev–Trinajstić information content (AvgIpc) is 2.35. The van der Waals surface area contributed by atoms with Crippen molar-refractivity contribution < 1.29 is 14.3 Å². The molecule has 0 saturated carbocycles. The minimum atomic E-state index is -0.631. The maximum atomic E-state index is 12.3. The molecule has 1 aliphatic heterocycles. The molecular formula is C11H22N2O3. The van der Waals surface area contributed by atoms with Crippen molar-refractivity contribution >= 4 is 5.91 Å². The molecule has 1 fully saturated rings. The lowest BCUT2D eigenvalue weighted by Crippen LogP contribution is -2.54. The Morgan fingerprint density at radius 1 is 1.38 bits per heavy atom. The summed E-state index contributed by atoms with van der Waals surface area (Å²) in [7, 11) is 5.05. The number of piperidine rings is 1. The molecule has 1 heterocycles. The van der Waals surface area contributed by atoms with Crippen molar-refractivity contribution in [2.75, 3.05) is 47.5 Å². The molecule has 0 spiro atoms. The summed E-state index contributed by atoms with van der Waals surface area (Å²) in [5.74, 6) is 0.0635. The number of hydrogen-bond acceptors (Lipinski definition) is 4. The van der Waals surface area contributed by atoms with E-state index >= 15 is 0 Å². The van der Waals surface area contributed by atoms with Crippen LogP contribution in [0.4, 0.5) is 0 Å². The van der Waals surface area contributed by atoms with Gasteiger partial charge in [0.25, 0.3) is 5.91 Å². The second-order valence-electron chi connectivity index (χ2n) is 4.17. The first-order valence-electron chi connectivity index (χ1n) is 5.66. The number of carbonyl (C=O) groups is 1. The summed E-state index contributed by atoms with van der Waals surface area (Å²) in [6.45, 7) is 2.82. The average molecular weight is 230 g/mol. The van der Waals surface area contributed by atoms with Crippen LogP contribution in [0.3, 0.4) is 0 Å². The van der Waals surface area contributed by atoms with E-state index in [2.05, 4.69) is 5.32 Å². The lowest BCUT2D eigenvalue weighted by Gasteiger charge is -2.37. The Hall–Kier alpha value is -0.650. The first kappa shape index (κ1) is 13.4. The van der Waals surface area contributed by atoms with E-state index in [1.54, 1.807) is 26.2 Å². The van der Waals surface area contributed by atoms with Gasteiger partial charge in [-0.2, -0.15) is 0 Å². The van der Waals surface area contributed by atoms with Crippen molar-refractivity contribution in [1.29, 1.82) is 0 Å². The first-order chi connectivity index (χ1) is 7.66. The highest BCUT2D eigenvalue weighted by molar-refractivity contribution is 5.85. The van der Waals surface area contributed by atoms with Crippen molar-refractivity contribution in [3.63, 3.8) is 0 Å². The summed E-state index contributed by atoms with van der Waals surface area (Å²) in [5, 5.41) is 3.24. The smallest absolute Gasteiger partial charge is 0.254 e. The lowest BCUT2D eigenvalue weighted by molar-refractivity contribution is -0.157. The largest absolute Gasteiger partial charge is 0.383 e. The molecule has 0 radical (unpaired) electrons. The summed E-state index contributed by atoms with van der Waals surface area (Å²) in [5.41, 5.74) is -0.631. The van der Waals surface area contributed by atoms with E-state index in [4.69, 9.17) is 9.47 Å². The standard InChI is InChI=1S/C11H22N2O3/c1-13(8-9-15-2)10(14)11(16-3)4-6-12-7-5-11/h12H,4-9H2,1-3H3. The first-order valence-corrected chi connectivity index (χ1v) is 5.66. The molecule has 5 heteroatoms. The summed E-state index contributed by atoms with van der Waals surface area (Å²) < 4.78 is 10.4. The predicted octanol–water partition coefficient (Wildman–Crippen LogP) is -0.140. The van der Waals surface area contributed by atoms with Gasteiger partial charge >= 0.3 is 0 Å². The van der Waals surface area contributed by atoms with Gasteiger partial charge in [-0.3, -0.25) is 4.79 Å². The summed E-state index contributed by atoms with van der Waals surface area (Å²) in [6, 6.07) is 0. The van der Waals surface area contributed by atoms with Crippen molar-refractivity contribution in [2.24, 2.45) is 0 Å². The number of amides is 1. The molecule has 1 aliphatic rings. The quantitative estimate of drug-likeness (QED) is 0.714. The van der Waals surface area contributed by atoms with Crippen LogP contribution in [0.2, 0.25) is 0 Å². The van der Waals surface area contributed by atoms with Gasteiger partial charge in [0.2, 0.25) is 0 Å². The van der Waals surface area contributed by atoms with Crippen molar-refractivity contribution in [2.45, 2.75) is 18.4 Å². The third kappa shape index (κ3) is 2.93. The van der Waals surface area contributed by atoms with Gasteiger partial charge in [0.1, 0.15) is 5.60 Å². The Labute approximate surface area is 97.1 Å². The number of methoxy groups -OCH3 is 2. The van der Waals surface area contributed by atoms with Crippen LogP contribution >= 0.6 is 0 Å². The Morgan fingerprint density at radius 2 is 2.00 bits per heavy atom. The number of ether oxygens (including phenoxy) is 2. The van der Waals surface area contributed by atoms with Gasteiger partial charge in [-0.25, -0.2) is 0 Å². The van der Waals surface area contributed by atoms with Crippen LogP contribution in [0.5, 0.6) is 0 Å². The Balaban J connectivity index is 2.60. The monoisotopic (exact) mass is 230 g/mol. The van der Waals surface area contributed by atoms with Crippen LogP contribution < -0.4 is 5.32 Å². The zero-order valence-corrected chi connectivity index (χ0v) is 10.4. The van der Waals surface area contributed by atoms with Crippen LogP contribution in [-0.4, -0.2) is 63.9 Å². The molecule has 94 valence electrons. The van der Waals surface area contributed by atoms with Gasteiger partial charge < -0.3 is 19.7 Å². The molecule has 0 aromatic heterocycles. The SMILES string of the molecule is COCCN(C)C(=O)C1(OC)CCNCC1. The number of nitrogens with zero attached hydrogens (tertiary/aromatic N) is 1. The zero-order valence-electron chi connectivity index (χ0n) is 10.4. The molecule has 0 unspecified atom stereocenters. The van der Waals surface area contributed by atoms with Crippen LogP contribution in [0, 0.1) is 0 Å². The maximum absolute atomic E-state index is 12.3. The normalized spacial score (nSPS) is 19.4. The highest BCUT2D eigenvalue weighted by Gasteiger charge is 2.41. The molecule has 0 bridgehead atoms. The van der Waals surface area contributed by atoms with Gasteiger partial charge in [0.15, 0.2) is 0 Å². The fourth-order valence-electron chi connectivity index (χ4n) is 2.01. The van der Waals surface area contributed by atoms with E-state index in [0.29, 0.717) is 13.2 Å². The van der Waals surface area contributed by atoms with Gasteiger partial charge in [0, 0.05) is 27.8 Å². The zero-order chi connectivity index (χ0) is 12.0. The van der Waals surface area contributed by atoms with Gasteiger partial charge in [-0.15, -0.1) is 0 Å². The molecular weight excluding hydrogens is 208 g/mol. The summed E-state index contributed by atoms with van der Waals surface area (Å²) in [6.07, 6.45) is 1.47. The molecule has 1 N–H and O–H groups in total. The topological polar surface area (TPSA) is 50.8 Å². The van der Waals surface area contributed by atoms with Gasteiger partial charge in [-0.05, 0) is 25.9 Å². The van der Waals surface area contributed by atoms with E-state index in [1.807, 2.05) is 0 Å². The maximum Gasteiger partial charge on any atom is 0.254 e. The third-order valence-corrected chi connectivity index (χ3v) is 3.17. The second kappa shape index (κ2) is 6.18. The summed E-state index contributed by atoms with van der Waals surface area (Å²) >= 11 is 0.